The Morgan fingerprint density at radius 3 is 2.95 bits per heavy atom. The summed E-state index contributed by atoms with van der Waals surface area (Å²) in [5.74, 6) is 0.499. The van der Waals surface area contributed by atoms with Crippen molar-refractivity contribution in [2.45, 2.75) is 39.0 Å². The van der Waals surface area contributed by atoms with E-state index < -0.39 is 0 Å². The summed E-state index contributed by atoms with van der Waals surface area (Å²) in [5.41, 5.74) is 2.46. The molecule has 1 aliphatic rings. The lowest BCUT2D eigenvalue weighted by Crippen LogP contribution is -2.27. The van der Waals surface area contributed by atoms with E-state index in [2.05, 4.69) is 47.6 Å². The van der Waals surface area contributed by atoms with E-state index in [0.29, 0.717) is 12.0 Å². The average molecular weight is 300 g/mol. The second kappa shape index (κ2) is 7.03. The van der Waals surface area contributed by atoms with Crippen molar-refractivity contribution >= 4 is 0 Å². The summed E-state index contributed by atoms with van der Waals surface area (Å²) in [5, 5.41) is 7.99. The molecule has 0 bridgehead atoms. The van der Waals surface area contributed by atoms with Gasteiger partial charge in [-0.25, -0.2) is 0 Å². The number of aryl methyl sites for hydroxylation is 1. The molecule has 0 spiro atoms. The van der Waals surface area contributed by atoms with E-state index in [4.69, 9.17) is 4.74 Å². The fourth-order valence-corrected chi connectivity index (χ4v) is 3.01. The largest absolute Gasteiger partial charge is 0.373 e. The Morgan fingerprint density at radius 1 is 1.41 bits per heavy atom. The predicted molar refractivity (Wildman–Crippen MR) is 85.4 cm³/mol. The van der Waals surface area contributed by atoms with Gasteiger partial charge in [0.05, 0.1) is 12.3 Å². The first kappa shape index (κ1) is 15.2. The highest BCUT2D eigenvalue weighted by molar-refractivity contribution is 5.15. The molecule has 1 aliphatic heterocycles. The van der Waals surface area contributed by atoms with Crippen LogP contribution in [0.25, 0.3) is 0 Å². The van der Waals surface area contributed by atoms with Crippen LogP contribution in [0.15, 0.2) is 36.9 Å². The van der Waals surface area contributed by atoms with Gasteiger partial charge in [0, 0.05) is 55.8 Å². The fraction of sp³-hybridized carbons (Fsp3) is 0.529. The molecule has 5 nitrogen and oxygen atoms in total. The van der Waals surface area contributed by atoms with Gasteiger partial charge in [0.25, 0.3) is 0 Å². The molecular weight excluding hydrogens is 276 g/mol. The summed E-state index contributed by atoms with van der Waals surface area (Å²) in [6.45, 7) is 6.97. The zero-order valence-electron chi connectivity index (χ0n) is 13.3. The predicted octanol–water partition coefficient (Wildman–Crippen LogP) is 2.73. The minimum absolute atomic E-state index is 0.164. The number of pyridine rings is 1. The van der Waals surface area contributed by atoms with Crippen LogP contribution in [0.3, 0.4) is 0 Å². The summed E-state index contributed by atoms with van der Waals surface area (Å²) < 4.78 is 7.90. The van der Waals surface area contributed by atoms with Gasteiger partial charge in [0.1, 0.15) is 0 Å². The summed E-state index contributed by atoms with van der Waals surface area (Å²) in [6, 6.07) is 4.44. The van der Waals surface area contributed by atoms with Crippen molar-refractivity contribution in [1.82, 2.24) is 20.1 Å². The summed E-state index contributed by atoms with van der Waals surface area (Å²) >= 11 is 0. The lowest BCUT2D eigenvalue weighted by atomic mass is 9.96. The normalized spacial score (nSPS) is 22.8. The molecule has 1 fully saturated rings. The van der Waals surface area contributed by atoms with Crippen molar-refractivity contribution in [2.24, 2.45) is 5.92 Å². The number of aromatic nitrogens is 3. The van der Waals surface area contributed by atoms with Crippen LogP contribution in [0, 0.1) is 5.92 Å². The Bertz CT molecular complexity index is 583. The Balaban J connectivity index is 1.59. The minimum atomic E-state index is 0.164. The van der Waals surface area contributed by atoms with E-state index >= 15 is 0 Å². The lowest BCUT2D eigenvalue weighted by Gasteiger charge is -2.21. The first-order valence-corrected chi connectivity index (χ1v) is 8.05. The van der Waals surface area contributed by atoms with Crippen LogP contribution in [0.5, 0.6) is 0 Å². The third-order valence-corrected chi connectivity index (χ3v) is 4.41. The Labute approximate surface area is 131 Å². The van der Waals surface area contributed by atoms with Crippen LogP contribution < -0.4 is 5.32 Å². The number of ether oxygens (including phenoxy) is 1. The standard InChI is InChI=1S/C17H24N4O/c1-3-21-12-16(11-20-21)17-15(6-9-22-17)10-19-13(2)14-4-7-18-8-5-14/h4-5,7-8,11-13,15,17,19H,3,6,9-10H2,1-2H3. The number of rotatable bonds is 6. The monoisotopic (exact) mass is 300 g/mol. The number of hydrogen-bond donors (Lipinski definition) is 1. The molecule has 1 N–H and O–H groups in total. The van der Waals surface area contributed by atoms with Crippen LogP contribution in [-0.2, 0) is 11.3 Å². The molecule has 3 unspecified atom stereocenters. The molecule has 3 rings (SSSR count). The molecule has 118 valence electrons. The van der Waals surface area contributed by atoms with E-state index in [1.807, 2.05) is 23.3 Å². The van der Waals surface area contributed by atoms with Crippen molar-refractivity contribution in [3.05, 3.63) is 48.0 Å². The van der Waals surface area contributed by atoms with Crippen molar-refractivity contribution in [3.8, 4) is 0 Å². The zero-order valence-corrected chi connectivity index (χ0v) is 13.3. The second-order valence-electron chi connectivity index (χ2n) is 5.88. The highest BCUT2D eigenvalue weighted by atomic mass is 16.5. The van der Waals surface area contributed by atoms with Crippen LogP contribution >= 0.6 is 0 Å². The molecule has 22 heavy (non-hydrogen) atoms. The molecule has 0 amide bonds. The Kier molecular flexibility index (Phi) is 4.85. The van der Waals surface area contributed by atoms with Crippen LogP contribution in [0.4, 0.5) is 0 Å². The number of hydrogen-bond acceptors (Lipinski definition) is 4. The highest BCUT2D eigenvalue weighted by Crippen LogP contribution is 2.34. The first-order valence-electron chi connectivity index (χ1n) is 8.05. The van der Waals surface area contributed by atoms with Gasteiger partial charge in [-0.15, -0.1) is 0 Å². The van der Waals surface area contributed by atoms with Gasteiger partial charge in [-0.3, -0.25) is 9.67 Å². The summed E-state index contributed by atoms with van der Waals surface area (Å²) in [4.78, 5) is 4.07. The molecule has 3 atom stereocenters. The molecular formula is C17H24N4O. The van der Waals surface area contributed by atoms with Crippen LogP contribution in [0.1, 0.15) is 43.5 Å². The topological polar surface area (TPSA) is 52.0 Å². The van der Waals surface area contributed by atoms with Crippen molar-refractivity contribution in [2.75, 3.05) is 13.2 Å². The molecule has 3 heterocycles. The fourth-order valence-electron chi connectivity index (χ4n) is 3.01. The van der Waals surface area contributed by atoms with E-state index in [0.717, 1.165) is 26.1 Å². The van der Waals surface area contributed by atoms with Crippen molar-refractivity contribution < 1.29 is 4.74 Å². The molecule has 0 saturated carbocycles. The minimum Gasteiger partial charge on any atom is -0.373 e. The van der Waals surface area contributed by atoms with Gasteiger partial charge in [0.2, 0.25) is 0 Å². The lowest BCUT2D eigenvalue weighted by molar-refractivity contribution is 0.0898. The van der Waals surface area contributed by atoms with Crippen molar-refractivity contribution in [1.29, 1.82) is 0 Å². The van der Waals surface area contributed by atoms with Crippen LogP contribution in [0.2, 0.25) is 0 Å². The Hall–Kier alpha value is -1.72. The van der Waals surface area contributed by atoms with Crippen LogP contribution in [-0.4, -0.2) is 27.9 Å². The molecule has 1 saturated heterocycles. The molecule has 0 aliphatic carbocycles. The average Bonchev–Trinajstić information content (AvgIpc) is 3.21. The van der Waals surface area contributed by atoms with Gasteiger partial charge >= 0.3 is 0 Å². The number of nitrogens with one attached hydrogen (secondary N) is 1. The summed E-state index contributed by atoms with van der Waals surface area (Å²) in [7, 11) is 0. The van der Waals surface area contributed by atoms with Gasteiger partial charge in [-0.2, -0.15) is 5.10 Å². The van der Waals surface area contributed by atoms with E-state index in [-0.39, 0.29) is 6.10 Å². The Morgan fingerprint density at radius 2 is 2.23 bits per heavy atom. The molecule has 2 aromatic heterocycles. The van der Waals surface area contributed by atoms with E-state index in [9.17, 15) is 0 Å². The molecule has 5 heteroatoms. The van der Waals surface area contributed by atoms with E-state index in [1.54, 1.807) is 0 Å². The molecule has 0 aromatic carbocycles. The first-order chi connectivity index (χ1) is 10.8. The third-order valence-electron chi connectivity index (χ3n) is 4.41. The van der Waals surface area contributed by atoms with E-state index in [1.165, 1.54) is 11.1 Å². The SMILES string of the molecule is CCn1cc(C2OCCC2CNC(C)c2ccncc2)cn1. The van der Waals surface area contributed by atoms with Crippen molar-refractivity contribution in [3.63, 3.8) is 0 Å². The maximum Gasteiger partial charge on any atom is 0.0896 e. The van der Waals surface area contributed by atoms with Gasteiger partial charge in [0.15, 0.2) is 0 Å². The van der Waals surface area contributed by atoms with Gasteiger partial charge < -0.3 is 10.1 Å². The maximum absolute atomic E-state index is 5.94. The maximum atomic E-state index is 5.94. The summed E-state index contributed by atoms with van der Waals surface area (Å²) in [6.07, 6.45) is 8.99. The van der Waals surface area contributed by atoms with Gasteiger partial charge in [-0.1, -0.05) is 0 Å². The molecule has 2 aromatic rings. The second-order valence-corrected chi connectivity index (χ2v) is 5.88. The highest BCUT2D eigenvalue weighted by Gasteiger charge is 2.30. The number of nitrogens with zero attached hydrogens (tertiary/aromatic N) is 3. The smallest absolute Gasteiger partial charge is 0.0896 e. The third kappa shape index (κ3) is 3.36. The molecule has 0 radical (unpaired) electrons. The quantitative estimate of drug-likeness (QED) is 0.891. The zero-order chi connectivity index (χ0) is 15.4. The van der Waals surface area contributed by atoms with Gasteiger partial charge in [-0.05, 0) is 38.0 Å².